The van der Waals surface area contributed by atoms with Crippen LogP contribution < -0.4 is 4.72 Å². The topological polar surface area (TPSA) is 46.2 Å². The molecular formula is C13H20BrNO2S2. The number of sulfonamides is 1. The van der Waals surface area contributed by atoms with Crippen molar-refractivity contribution >= 4 is 37.3 Å². The summed E-state index contributed by atoms with van der Waals surface area (Å²) in [7, 11) is -3.34. The zero-order valence-corrected chi connectivity index (χ0v) is 14.3. The molecule has 3 nitrogen and oxygen atoms in total. The lowest BCUT2D eigenvalue weighted by molar-refractivity contribution is 0.348. The minimum atomic E-state index is -3.34. The highest BCUT2D eigenvalue weighted by molar-refractivity contribution is 9.09. The molecule has 0 saturated heterocycles. The monoisotopic (exact) mass is 365 g/mol. The van der Waals surface area contributed by atoms with E-state index in [2.05, 4.69) is 20.7 Å². The van der Waals surface area contributed by atoms with Gasteiger partial charge < -0.3 is 0 Å². The van der Waals surface area contributed by atoms with Gasteiger partial charge in [-0.1, -0.05) is 35.7 Å². The van der Waals surface area contributed by atoms with Gasteiger partial charge in [-0.2, -0.15) is 0 Å². The molecule has 1 fully saturated rings. The molecule has 108 valence electrons. The molecule has 0 spiro atoms. The lowest BCUT2D eigenvalue weighted by atomic mass is 9.89. The van der Waals surface area contributed by atoms with Gasteiger partial charge in [0.05, 0.1) is 0 Å². The second kappa shape index (κ2) is 6.24. The number of nitrogens with one attached hydrogen (secondary N) is 1. The molecule has 0 bridgehead atoms. The molecule has 1 aromatic rings. The molecule has 1 aliphatic carbocycles. The fourth-order valence-corrected chi connectivity index (χ4v) is 5.75. The Morgan fingerprint density at radius 1 is 1.37 bits per heavy atom. The molecule has 2 rings (SSSR count). The predicted octanol–water partition coefficient (Wildman–Crippen LogP) is 3.54. The van der Waals surface area contributed by atoms with E-state index in [0.717, 1.165) is 29.5 Å². The summed E-state index contributed by atoms with van der Waals surface area (Å²) in [5, 5.41) is 0.868. The number of hydrogen-bond donors (Lipinski definition) is 1. The first-order chi connectivity index (χ1) is 9.01. The fourth-order valence-electron chi connectivity index (χ4n) is 2.49. The normalized spacial score (nSPS) is 18.8. The number of aryl methyl sites for hydroxylation is 1. The maximum absolute atomic E-state index is 12.3. The third-order valence-corrected chi connectivity index (χ3v) is 8.15. The van der Waals surface area contributed by atoms with Crippen LogP contribution in [0.1, 0.15) is 37.5 Å². The van der Waals surface area contributed by atoms with Crippen molar-refractivity contribution in [3.8, 4) is 0 Å². The minimum Gasteiger partial charge on any atom is -0.210 e. The van der Waals surface area contributed by atoms with Crippen LogP contribution in [0.2, 0.25) is 0 Å². The Morgan fingerprint density at radius 3 is 2.58 bits per heavy atom. The first-order valence-corrected chi connectivity index (χ1v) is 10.1. The van der Waals surface area contributed by atoms with Crippen molar-refractivity contribution in [1.29, 1.82) is 0 Å². The zero-order chi connectivity index (χ0) is 13.9. The van der Waals surface area contributed by atoms with Crippen molar-refractivity contribution in [3.05, 3.63) is 17.0 Å². The summed E-state index contributed by atoms with van der Waals surface area (Å²) in [6, 6.07) is 3.61. The van der Waals surface area contributed by atoms with Crippen LogP contribution in [0.4, 0.5) is 0 Å². The van der Waals surface area contributed by atoms with E-state index in [1.54, 1.807) is 6.07 Å². The van der Waals surface area contributed by atoms with Crippen molar-refractivity contribution in [1.82, 2.24) is 4.72 Å². The number of halogens is 1. The largest absolute Gasteiger partial charge is 0.250 e. The molecule has 6 heteroatoms. The van der Waals surface area contributed by atoms with Gasteiger partial charge >= 0.3 is 0 Å². The van der Waals surface area contributed by atoms with Crippen molar-refractivity contribution in [2.24, 2.45) is 5.41 Å². The van der Waals surface area contributed by atoms with E-state index in [9.17, 15) is 8.42 Å². The van der Waals surface area contributed by atoms with Gasteiger partial charge in [0.25, 0.3) is 0 Å². The summed E-state index contributed by atoms with van der Waals surface area (Å²) in [6.07, 6.45) is 5.49. The highest BCUT2D eigenvalue weighted by atomic mass is 79.9. The Morgan fingerprint density at radius 2 is 2.05 bits per heavy atom. The smallest absolute Gasteiger partial charge is 0.210 e. The number of rotatable bonds is 6. The fraction of sp³-hybridized carbons (Fsp3) is 0.692. The van der Waals surface area contributed by atoms with Crippen LogP contribution in [0.25, 0.3) is 0 Å². The van der Waals surface area contributed by atoms with Gasteiger partial charge in [-0.05, 0) is 36.8 Å². The quantitative estimate of drug-likeness (QED) is 0.783. The molecule has 1 N–H and O–H groups in total. The SMILES string of the molecule is CCc1ccc(S(=O)(=O)NCC2(CBr)CCCC2)s1. The molecule has 0 amide bonds. The van der Waals surface area contributed by atoms with Gasteiger partial charge in [-0.15, -0.1) is 11.3 Å². The van der Waals surface area contributed by atoms with Crippen molar-refractivity contribution < 1.29 is 8.42 Å². The zero-order valence-electron chi connectivity index (χ0n) is 11.1. The van der Waals surface area contributed by atoms with Crippen LogP contribution in [-0.4, -0.2) is 20.3 Å². The van der Waals surface area contributed by atoms with Crippen molar-refractivity contribution in [2.75, 3.05) is 11.9 Å². The van der Waals surface area contributed by atoms with Crippen molar-refractivity contribution in [2.45, 2.75) is 43.2 Å². The van der Waals surface area contributed by atoms with Crippen LogP contribution in [0.5, 0.6) is 0 Å². The van der Waals surface area contributed by atoms with Crippen LogP contribution in [0.3, 0.4) is 0 Å². The summed E-state index contributed by atoms with van der Waals surface area (Å²) in [5.74, 6) is 0. The molecule has 1 aliphatic rings. The third kappa shape index (κ3) is 3.60. The number of alkyl halides is 1. The van der Waals surface area contributed by atoms with Gasteiger partial charge in [0.2, 0.25) is 10.0 Å². The van der Waals surface area contributed by atoms with E-state index in [4.69, 9.17) is 0 Å². The van der Waals surface area contributed by atoms with E-state index in [-0.39, 0.29) is 5.41 Å². The van der Waals surface area contributed by atoms with Crippen LogP contribution in [0, 0.1) is 5.41 Å². The molecule has 0 aromatic carbocycles. The molecule has 0 radical (unpaired) electrons. The molecule has 1 heterocycles. The lowest BCUT2D eigenvalue weighted by Gasteiger charge is -2.26. The molecule has 0 atom stereocenters. The second-order valence-electron chi connectivity index (χ2n) is 5.24. The van der Waals surface area contributed by atoms with E-state index in [1.165, 1.54) is 24.2 Å². The van der Waals surface area contributed by atoms with Crippen LogP contribution in [-0.2, 0) is 16.4 Å². The van der Waals surface area contributed by atoms with Gasteiger partial charge in [-0.25, -0.2) is 13.1 Å². The van der Waals surface area contributed by atoms with Gasteiger partial charge in [-0.3, -0.25) is 0 Å². The maximum atomic E-state index is 12.3. The van der Waals surface area contributed by atoms with E-state index in [0.29, 0.717) is 10.8 Å². The summed E-state index contributed by atoms with van der Waals surface area (Å²) >= 11 is 4.91. The van der Waals surface area contributed by atoms with Crippen LogP contribution in [0.15, 0.2) is 16.3 Å². The average Bonchev–Trinajstić information content (AvgIpc) is 3.06. The van der Waals surface area contributed by atoms with E-state index >= 15 is 0 Å². The highest BCUT2D eigenvalue weighted by Gasteiger charge is 2.34. The highest BCUT2D eigenvalue weighted by Crippen LogP contribution is 2.39. The number of thiophene rings is 1. The molecule has 0 unspecified atom stereocenters. The molecule has 0 aliphatic heterocycles. The van der Waals surface area contributed by atoms with E-state index in [1.807, 2.05) is 13.0 Å². The van der Waals surface area contributed by atoms with Gasteiger partial charge in [0.15, 0.2) is 0 Å². The standard InChI is InChI=1S/C13H20BrNO2S2/c1-2-11-5-6-12(18-11)19(16,17)15-10-13(9-14)7-3-4-8-13/h5-6,15H,2-4,7-10H2,1H3. The molecule has 1 aromatic heterocycles. The van der Waals surface area contributed by atoms with Gasteiger partial charge in [0, 0.05) is 16.8 Å². The summed E-state index contributed by atoms with van der Waals surface area (Å²) in [5.41, 5.74) is 0.109. The maximum Gasteiger partial charge on any atom is 0.250 e. The Hall–Kier alpha value is 0.0900. The van der Waals surface area contributed by atoms with E-state index < -0.39 is 10.0 Å². The Labute approximate surface area is 128 Å². The third-order valence-electron chi connectivity index (χ3n) is 3.84. The molecular weight excluding hydrogens is 346 g/mol. The predicted molar refractivity (Wildman–Crippen MR) is 83.6 cm³/mol. The minimum absolute atomic E-state index is 0.109. The molecule has 19 heavy (non-hydrogen) atoms. The summed E-state index contributed by atoms with van der Waals surface area (Å²) in [4.78, 5) is 1.11. The van der Waals surface area contributed by atoms with Gasteiger partial charge in [0.1, 0.15) is 4.21 Å². The summed E-state index contributed by atoms with van der Waals surface area (Å²) in [6.45, 7) is 2.58. The average molecular weight is 366 g/mol. The summed E-state index contributed by atoms with van der Waals surface area (Å²) < 4.78 is 27.8. The second-order valence-corrected chi connectivity index (χ2v) is 8.96. The van der Waals surface area contributed by atoms with Crippen LogP contribution >= 0.6 is 27.3 Å². The van der Waals surface area contributed by atoms with Crippen molar-refractivity contribution in [3.63, 3.8) is 0 Å². The Balaban J connectivity index is 2.05. The Kier molecular flexibility index (Phi) is 5.09. The number of hydrogen-bond acceptors (Lipinski definition) is 3. The molecule has 1 saturated carbocycles. The first-order valence-electron chi connectivity index (χ1n) is 6.66. The Bertz CT molecular complexity index is 519. The first kappa shape index (κ1) is 15.5. The lowest BCUT2D eigenvalue weighted by Crippen LogP contribution is -2.36.